The van der Waals surface area contributed by atoms with E-state index in [-0.39, 0.29) is 34.1 Å². The minimum Gasteiger partial charge on any atom is -0.481 e. The Kier molecular flexibility index (Phi) is 5.18. The maximum absolute atomic E-state index is 14.2. The van der Waals surface area contributed by atoms with Crippen molar-refractivity contribution in [3.05, 3.63) is 64.3 Å². The van der Waals surface area contributed by atoms with E-state index in [9.17, 15) is 9.18 Å². The summed E-state index contributed by atoms with van der Waals surface area (Å²) in [6.45, 7) is 1.75. The number of nitrogens with zero attached hydrogens (tertiary/aromatic N) is 2. The molecule has 0 spiro atoms. The van der Waals surface area contributed by atoms with Gasteiger partial charge in [-0.1, -0.05) is 28.9 Å². The number of aryl methyl sites for hydroxylation is 1. The molecule has 2 heterocycles. The van der Waals surface area contributed by atoms with Gasteiger partial charge in [0.15, 0.2) is 0 Å². The van der Waals surface area contributed by atoms with Crippen molar-refractivity contribution < 1.29 is 18.4 Å². The Morgan fingerprint density at radius 3 is 2.88 bits per heavy atom. The molecule has 0 aliphatic rings. The van der Waals surface area contributed by atoms with Crippen molar-refractivity contribution in [2.24, 2.45) is 0 Å². The molecule has 3 rings (SSSR count). The van der Waals surface area contributed by atoms with Crippen LogP contribution in [0.3, 0.4) is 0 Å². The van der Waals surface area contributed by atoms with Gasteiger partial charge in [0.25, 0.3) is 5.91 Å². The summed E-state index contributed by atoms with van der Waals surface area (Å²) >= 11 is 6.08. The third-order valence-electron chi connectivity index (χ3n) is 3.77. The molecule has 1 N–H and O–H groups in total. The number of carbonyl (C=O) groups excluding carboxylic acids is 1. The summed E-state index contributed by atoms with van der Waals surface area (Å²) < 4.78 is 24.5. The zero-order chi connectivity index (χ0) is 18.7. The van der Waals surface area contributed by atoms with Crippen molar-refractivity contribution in [2.45, 2.75) is 13.5 Å². The van der Waals surface area contributed by atoms with Gasteiger partial charge in [0.1, 0.15) is 22.8 Å². The average Bonchev–Trinajstić information content (AvgIpc) is 3.01. The van der Waals surface area contributed by atoms with Gasteiger partial charge >= 0.3 is 0 Å². The molecule has 8 heteroatoms. The maximum atomic E-state index is 14.2. The highest BCUT2D eigenvalue weighted by molar-refractivity contribution is 6.33. The van der Waals surface area contributed by atoms with E-state index in [1.807, 2.05) is 0 Å². The Labute approximate surface area is 153 Å². The lowest BCUT2D eigenvalue weighted by atomic mass is 10.0. The lowest BCUT2D eigenvalue weighted by Crippen LogP contribution is -2.24. The molecule has 0 saturated heterocycles. The van der Waals surface area contributed by atoms with Gasteiger partial charge in [-0.05, 0) is 25.1 Å². The summed E-state index contributed by atoms with van der Waals surface area (Å²) in [6.07, 6.45) is 1.59. The van der Waals surface area contributed by atoms with E-state index in [0.717, 1.165) is 0 Å². The van der Waals surface area contributed by atoms with Crippen LogP contribution in [0.5, 0.6) is 5.88 Å². The van der Waals surface area contributed by atoms with Gasteiger partial charge in [0, 0.05) is 18.3 Å². The number of ether oxygens (including phenoxy) is 1. The van der Waals surface area contributed by atoms with E-state index in [1.165, 1.54) is 25.3 Å². The van der Waals surface area contributed by atoms with Gasteiger partial charge in [-0.3, -0.25) is 4.79 Å². The van der Waals surface area contributed by atoms with Crippen LogP contribution in [0.25, 0.3) is 11.3 Å². The fourth-order valence-corrected chi connectivity index (χ4v) is 2.79. The SMILES string of the molecule is COc1ncccc1CNC(=O)c1c(-c2c(F)cccc2Cl)noc1C. The van der Waals surface area contributed by atoms with E-state index < -0.39 is 11.7 Å². The standard InChI is InChI=1S/C18H15ClFN3O3/c1-10-14(16(23-26-10)15-12(19)6-3-7-13(15)20)17(24)22-9-11-5-4-8-21-18(11)25-2/h3-8H,9H2,1-2H3,(H,22,24). The maximum Gasteiger partial charge on any atom is 0.257 e. The van der Waals surface area contributed by atoms with Gasteiger partial charge < -0.3 is 14.6 Å². The summed E-state index contributed by atoms with van der Waals surface area (Å²) in [6, 6.07) is 7.75. The number of aromatic nitrogens is 2. The number of hydrogen-bond acceptors (Lipinski definition) is 5. The van der Waals surface area contributed by atoms with Crippen molar-refractivity contribution in [1.82, 2.24) is 15.5 Å². The lowest BCUT2D eigenvalue weighted by molar-refractivity contribution is 0.0949. The van der Waals surface area contributed by atoms with Crippen molar-refractivity contribution in [2.75, 3.05) is 7.11 Å². The second-order valence-electron chi connectivity index (χ2n) is 5.41. The predicted molar refractivity (Wildman–Crippen MR) is 93.6 cm³/mol. The molecule has 1 amide bonds. The zero-order valence-corrected chi connectivity index (χ0v) is 14.8. The summed E-state index contributed by atoms with van der Waals surface area (Å²) in [7, 11) is 1.50. The Morgan fingerprint density at radius 2 is 2.15 bits per heavy atom. The third-order valence-corrected chi connectivity index (χ3v) is 4.09. The molecule has 0 atom stereocenters. The second kappa shape index (κ2) is 7.53. The first-order valence-electron chi connectivity index (χ1n) is 7.69. The molecule has 1 aromatic carbocycles. The molecule has 0 radical (unpaired) electrons. The predicted octanol–water partition coefficient (Wildman–Crippen LogP) is 3.78. The van der Waals surface area contributed by atoms with E-state index in [2.05, 4.69) is 15.5 Å². The summed E-state index contributed by atoms with van der Waals surface area (Å²) in [5, 5.41) is 6.70. The molecule has 0 aliphatic heterocycles. The minimum atomic E-state index is -0.589. The molecule has 0 fully saturated rings. The minimum absolute atomic E-state index is 0.0233. The second-order valence-corrected chi connectivity index (χ2v) is 5.82. The molecule has 0 unspecified atom stereocenters. The van der Waals surface area contributed by atoms with Gasteiger partial charge in [0.2, 0.25) is 5.88 Å². The van der Waals surface area contributed by atoms with Crippen LogP contribution < -0.4 is 10.1 Å². The molecule has 3 aromatic rings. The van der Waals surface area contributed by atoms with Gasteiger partial charge in [-0.25, -0.2) is 9.37 Å². The average molecular weight is 376 g/mol. The Hall–Kier alpha value is -2.93. The molecule has 134 valence electrons. The van der Waals surface area contributed by atoms with Crippen LogP contribution in [-0.4, -0.2) is 23.2 Å². The van der Waals surface area contributed by atoms with Crippen LogP contribution in [0.15, 0.2) is 41.1 Å². The normalized spacial score (nSPS) is 10.6. The van der Waals surface area contributed by atoms with Crippen LogP contribution in [0.4, 0.5) is 4.39 Å². The van der Waals surface area contributed by atoms with Crippen LogP contribution in [-0.2, 0) is 6.54 Å². The third kappa shape index (κ3) is 3.39. The van der Waals surface area contributed by atoms with Crippen LogP contribution >= 0.6 is 11.6 Å². The van der Waals surface area contributed by atoms with E-state index in [4.69, 9.17) is 20.9 Å². The number of halogens is 2. The lowest BCUT2D eigenvalue weighted by Gasteiger charge is -2.09. The highest BCUT2D eigenvalue weighted by atomic mass is 35.5. The number of carbonyl (C=O) groups is 1. The Bertz CT molecular complexity index is 938. The quantitative estimate of drug-likeness (QED) is 0.734. The van der Waals surface area contributed by atoms with Crippen LogP contribution in [0.2, 0.25) is 5.02 Å². The molecular weight excluding hydrogens is 361 g/mol. The number of nitrogens with one attached hydrogen (secondary N) is 1. The van der Waals surface area contributed by atoms with Gasteiger partial charge in [-0.15, -0.1) is 0 Å². The van der Waals surface area contributed by atoms with Crippen LogP contribution in [0.1, 0.15) is 21.7 Å². The van der Waals surface area contributed by atoms with Crippen molar-refractivity contribution in [3.8, 4) is 17.1 Å². The monoisotopic (exact) mass is 375 g/mol. The van der Waals surface area contributed by atoms with E-state index >= 15 is 0 Å². The molecule has 0 aliphatic carbocycles. The van der Waals surface area contributed by atoms with Gasteiger partial charge in [-0.2, -0.15) is 0 Å². The number of pyridine rings is 1. The largest absolute Gasteiger partial charge is 0.481 e. The summed E-state index contributed by atoms with van der Waals surface area (Å²) in [4.78, 5) is 16.8. The zero-order valence-electron chi connectivity index (χ0n) is 14.0. The van der Waals surface area contributed by atoms with E-state index in [1.54, 1.807) is 25.3 Å². The molecule has 26 heavy (non-hydrogen) atoms. The first-order chi connectivity index (χ1) is 12.5. The molecular formula is C18H15ClFN3O3. The Morgan fingerprint density at radius 1 is 1.35 bits per heavy atom. The fraction of sp³-hybridized carbons (Fsp3) is 0.167. The summed E-state index contributed by atoms with van der Waals surface area (Å²) in [5.74, 6) is -0.389. The Balaban J connectivity index is 1.90. The van der Waals surface area contributed by atoms with Gasteiger partial charge in [0.05, 0.1) is 17.7 Å². The van der Waals surface area contributed by atoms with Crippen molar-refractivity contribution in [1.29, 1.82) is 0 Å². The topological polar surface area (TPSA) is 77.2 Å². The first kappa shape index (κ1) is 17.9. The fourth-order valence-electron chi connectivity index (χ4n) is 2.54. The molecule has 6 nitrogen and oxygen atoms in total. The smallest absolute Gasteiger partial charge is 0.257 e. The van der Waals surface area contributed by atoms with E-state index in [0.29, 0.717) is 11.4 Å². The molecule has 0 saturated carbocycles. The number of amides is 1. The van der Waals surface area contributed by atoms with Crippen molar-refractivity contribution >= 4 is 17.5 Å². The number of methoxy groups -OCH3 is 1. The van der Waals surface area contributed by atoms with Crippen molar-refractivity contribution in [3.63, 3.8) is 0 Å². The number of hydrogen-bond donors (Lipinski definition) is 1. The molecule has 2 aromatic heterocycles. The number of benzene rings is 1. The van der Waals surface area contributed by atoms with Crippen LogP contribution in [0, 0.1) is 12.7 Å². The number of rotatable bonds is 5. The highest BCUT2D eigenvalue weighted by Gasteiger charge is 2.25. The summed E-state index contributed by atoms with van der Waals surface area (Å²) in [5.41, 5.74) is 0.902. The highest BCUT2D eigenvalue weighted by Crippen LogP contribution is 2.33. The first-order valence-corrected chi connectivity index (χ1v) is 8.07. The molecule has 0 bridgehead atoms.